The monoisotopic (exact) mass is 363 g/mol. The van der Waals surface area contributed by atoms with Crippen molar-refractivity contribution in [3.05, 3.63) is 22.7 Å². The molecule has 0 aliphatic rings. The van der Waals surface area contributed by atoms with Crippen LogP contribution in [0.1, 0.15) is 0 Å². The first-order valence-corrected chi connectivity index (χ1v) is 7.24. The molecular weight excluding hydrogens is 355 g/mol. The second-order valence-electron chi connectivity index (χ2n) is 3.33. The van der Waals surface area contributed by atoms with E-state index in [1.54, 1.807) is 0 Å². The molecule has 1 rings (SSSR count). The molecule has 0 saturated heterocycles. The fourth-order valence-corrected chi connectivity index (χ4v) is 2.31. The first kappa shape index (κ1) is 16.1. The standard InChI is InChI=1S/C9H9BrF3NO4S/c10-6-1-2-7(14-19(16,17)4-3-15)8(5-6)18-9(11,12)13/h1-2,5,14-15H,3-4H2. The van der Waals surface area contributed by atoms with Crippen molar-refractivity contribution in [1.82, 2.24) is 0 Å². The van der Waals surface area contributed by atoms with Crippen molar-refractivity contribution in [3.63, 3.8) is 0 Å². The number of nitrogens with one attached hydrogen (secondary N) is 1. The number of aliphatic hydroxyl groups excluding tert-OH is 1. The molecule has 0 aliphatic heterocycles. The predicted octanol–water partition coefficient (Wildman–Crippen LogP) is 2.08. The molecule has 0 spiro atoms. The molecule has 2 N–H and O–H groups in total. The number of benzene rings is 1. The van der Waals surface area contributed by atoms with Gasteiger partial charge >= 0.3 is 6.36 Å². The maximum atomic E-state index is 12.2. The molecule has 0 unspecified atom stereocenters. The number of aliphatic hydroxyl groups is 1. The van der Waals surface area contributed by atoms with Crippen LogP contribution in [0.15, 0.2) is 22.7 Å². The van der Waals surface area contributed by atoms with Crippen molar-refractivity contribution in [2.45, 2.75) is 6.36 Å². The lowest BCUT2D eigenvalue weighted by molar-refractivity contribution is -0.274. The van der Waals surface area contributed by atoms with E-state index in [-0.39, 0.29) is 10.2 Å². The van der Waals surface area contributed by atoms with Crippen LogP contribution in [0.4, 0.5) is 18.9 Å². The molecule has 0 aliphatic carbocycles. The number of ether oxygens (including phenoxy) is 1. The van der Waals surface area contributed by atoms with Crippen molar-refractivity contribution in [2.75, 3.05) is 17.1 Å². The number of halogens is 4. The maximum absolute atomic E-state index is 12.2. The van der Waals surface area contributed by atoms with E-state index in [0.717, 1.165) is 12.1 Å². The summed E-state index contributed by atoms with van der Waals surface area (Å²) in [5, 5.41) is 8.54. The van der Waals surface area contributed by atoms with Crippen molar-refractivity contribution >= 4 is 31.6 Å². The third kappa shape index (κ3) is 5.66. The molecule has 19 heavy (non-hydrogen) atoms. The Labute approximate surface area is 115 Å². The fourth-order valence-electron chi connectivity index (χ4n) is 1.13. The summed E-state index contributed by atoms with van der Waals surface area (Å²) in [6.07, 6.45) is -4.95. The molecule has 5 nitrogen and oxygen atoms in total. The Kier molecular flexibility index (Phi) is 5.04. The van der Waals surface area contributed by atoms with Crippen LogP contribution in [0.5, 0.6) is 5.75 Å². The first-order valence-electron chi connectivity index (χ1n) is 4.79. The van der Waals surface area contributed by atoms with Gasteiger partial charge < -0.3 is 9.84 Å². The molecule has 0 atom stereocenters. The third-order valence-corrected chi connectivity index (χ3v) is 3.54. The topological polar surface area (TPSA) is 75.6 Å². The van der Waals surface area contributed by atoms with E-state index in [9.17, 15) is 21.6 Å². The van der Waals surface area contributed by atoms with Crippen molar-refractivity contribution in [1.29, 1.82) is 0 Å². The number of alkyl halides is 3. The second-order valence-corrected chi connectivity index (χ2v) is 6.09. The molecule has 10 heteroatoms. The molecule has 0 heterocycles. The Morgan fingerprint density at radius 3 is 2.53 bits per heavy atom. The fraction of sp³-hybridized carbons (Fsp3) is 0.333. The lowest BCUT2D eigenvalue weighted by Crippen LogP contribution is -2.22. The highest BCUT2D eigenvalue weighted by molar-refractivity contribution is 9.10. The Morgan fingerprint density at radius 1 is 1.37 bits per heavy atom. The summed E-state index contributed by atoms with van der Waals surface area (Å²) in [4.78, 5) is 0. The Morgan fingerprint density at radius 2 is 2.00 bits per heavy atom. The van der Waals surface area contributed by atoms with Crippen molar-refractivity contribution in [3.8, 4) is 5.75 Å². The smallest absolute Gasteiger partial charge is 0.403 e. The zero-order valence-electron chi connectivity index (χ0n) is 9.24. The maximum Gasteiger partial charge on any atom is 0.573 e. The van der Waals surface area contributed by atoms with Gasteiger partial charge in [0, 0.05) is 4.47 Å². The number of hydrogen-bond acceptors (Lipinski definition) is 4. The molecule has 1 aromatic carbocycles. The summed E-state index contributed by atoms with van der Waals surface area (Å²) < 4.78 is 65.2. The molecule has 0 radical (unpaired) electrons. The lowest BCUT2D eigenvalue weighted by Gasteiger charge is -2.14. The highest BCUT2D eigenvalue weighted by atomic mass is 79.9. The third-order valence-electron chi connectivity index (χ3n) is 1.79. The summed E-state index contributed by atoms with van der Waals surface area (Å²) in [7, 11) is -3.94. The van der Waals surface area contributed by atoms with Gasteiger partial charge in [-0.1, -0.05) is 15.9 Å². The normalized spacial score (nSPS) is 12.3. The van der Waals surface area contributed by atoms with E-state index in [2.05, 4.69) is 20.7 Å². The number of hydrogen-bond donors (Lipinski definition) is 2. The molecular formula is C9H9BrF3NO4S. The number of anilines is 1. The second kappa shape index (κ2) is 5.97. The van der Waals surface area contributed by atoms with Gasteiger partial charge in [-0.05, 0) is 18.2 Å². The summed E-state index contributed by atoms with van der Waals surface area (Å²) in [6.45, 7) is -0.651. The van der Waals surface area contributed by atoms with Crippen LogP contribution in [0.3, 0.4) is 0 Å². The average molecular weight is 364 g/mol. The minimum atomic E-state index is -4.95. The van der Waals surface area contributed by atoms with Crippen LogP contribution < -0.4 is 9.46 Å². The van der Waals surface area contributed by atoms with E-state index < -0.39 is 34.5 Å². The predicted molar refractivity (Wildman–Crippen MR) is 65.3 cm³/mol. The van der Waals surface area contributed by atoms with Crippen LogP contribution in [-0.2, 0) is 10.0 Å². The van der Waals surface area contributed by atoms with Crippen LogP contribution in [0, 0.1) is 0 Å². The van der Waals surface area contributed by atoms with E-state index in [1.807, 2.05) is 4.72 Å². The molecule has 0 bridgehead atoms. The van der Waals surface area contributed by atoms with E-state index in [1.165, 1.54) is 6.07 Å². The molecule has 108 valence electrons. The Hall–Kier alpha value is -1.00. The summed E-state index contributed by atoms with van der Waals surface area (Å²) in [5.74, 6) is -1.32. The van der Waals surface area contributed by atoms with Gasteiger partial charge in [0.15, 0.2) is 5.75 Å². The molecule has 0 fully saturated rings. The first-order chi connectivity index (χ1) is 8.63. The Balaban J connectivity index is 3.07. The molecule has 1 aromatic rings. The van der Waals surface area contributed by atoms with Gasteiger partial charge in [0.25, 0.3) is 0 Å². The van der Waals surface area contributed by atoms with Crippen LogP contribution >= 0.6 is 15.9 Å². The van der Waals surface area contributed by atoms with Crippen LogP contribution in [0.25, 0.3) is 0 Å². The van der Waals surface area contributed by atoms with E-state index >= 15 is 0 Å². The molecule has 0 saturated carbocycles. The highest BCUT2D eigenvalue weighted by Gasteiger charge is 2.32. The quantitative estimate of drug-likeness (QED) is 0.839. The molecule has 0 aromatic heterocycles. The van der Waals surface area contributed by atoms with Gasteiger partial charge in [0.1, 0.15) is 0 Å². The van der Waals surface area contributed by atoms with E-state index in [0.29, 0.717) is 0 Å². The van der Waals surface area contributed by atoms with Crippen molar-refractivity contribution < 1.29 is 31.4 Å². The average Bonchev–Trinajstić information content (AvgIpc) is 2.19. The van der Waals surface area contributed by atoms with Crippen LogP contribution in [0.2, 0.25) is 0 Å². The highest BCUT2D eigenvalue weighted by Crippen LogP contribution is 2.33. The lowest BCUT2D eigenvalue weighted by atomic mass is 10.3. The van der Waals surface area contributed by atoms with Gasteiger partial charge in [-0.2, -0.15) is 0 Å². The summed E-state index contributed by atoms with van der Waals surface area (Å²) in [5.41, 5.74) is -0.367. The zero-order chi connectivity index (χ0) is 14.7. The van der Waals surface area contributed by atoms with Crippen LogP contribution in [-0.4, -0.2) is 32.2 Å². The van der Waals surface area contributed by atoms with Gasteiger partial charge in [-0.15, -0.1) is 13.2 Å². The SMILES string of the molecule is O=S(=O)(CCO)Nc1ccc(Br)cc1OC(F)(F)F. The van der Waals surface area contributed by atoms with E-state index in [4.69, 9.17) is 5.11 Å². The minimum Gasteiger partial charge on any atom is -0.403 e. The summed E-state index contributed by atoms with van der Waals surface area (Å²) >= 11 is 2.95. The van der Waals surface area contributed by atoms with Gasteiger partial charge in [-0.25, -0.2) is 8.42 Å². The number of rotatable bonds is 5. The molecule has 0 amide bonds. The largest absolute Gasteiger partial charge is 0.573 e. The zero-order valence-corrected chi connectivity index (χ0v) is 11.6. The Bertz CT molecular complexity index is 547. The van der Waals surface area contributed by atoms with Gasteiger partial charge in [0.2, 0.25) is 10.0 Å². The minimum absolute atomic E-state index is 0.289. The van der Waals surface area contributed by atoms with Crippen molar-refractivity contribution in [2.24, 2.45) is 0 Å². The summed E-state index contributed by atoms with van der Waals surface area (Å²) in [6, 6.07) is 3.43. The van der Waals surface area contributed by atoms with Gasteiger partial charge in [0.05, 0.1) is 18.0 Å². The van der Waals surface area contributed by atoms with Gasteiger partial charge in [-0.3, -0.25) is 4.72 Å². The number of sulfonamides is 1.